The molecule has 0 aliphatic heterocycles. The van der Waals surface area contributed by atoms with Crippen LogP contribution in [0.5, 0.6) is 0 Å². The highest BCUT2D eigenvalue weighted by Gasteiger charge is 2.18. The molecule has 4 nitrogen and oxygen atoms in total. The first-order chi connectivity index (χ1) is 9.04. The molecule has 5 heteroatoms. The molecule has 0 saturated carbocycles. The van der Waals surface area contributed by atoms with Crippen LogP contribution < -0.4 is 5.32 Å². The van der Waals surface area contributed by atoms with Crippen molar-refractivity contribution >= 4 is 17.6 Å². The monoisotopic (exact) mass is 285 g/mol. The lowest BCUT2D eigenvalue weighted by Gasteiger charge is -2.23. The van der Waals surface area contributed by atoms with Gasteiger partial charge in [0.15, 0.2) is 0 Å². The maximum atomic E-state index is 10.4. The Bertz CT molecular complexity index is 394. The average molecular weight is 286 g/mol. The van der Waals surface area contributed by atoms with Gasteiger partial charge in [-0.2, -0.15) is 0 Å². The minimum Gasteiger partial charge on any atom is -0.481 e. The van der Waals surface area contributed by atoms with Crippen molar-refractivity contribution in [3.8, 4) is 0 Å². The van der Waals surface area contributed by atoms with Crippen LogP contribution in [-0.4, -0.2) is 28.8 Å². The number of aliphatic hydroxyl groups excluding tert-OH is 1. The summed E-state index contributed by atoms with van der Waals surface area (Å²) in [7, 11) is 0. The van der Waals surface area contributed by atoms with Crippen molar-refractivity contribution in [2.75, 3.05) is 6.54 Å². The van der Waals surface area contributed by atoms with Gasteiger partial charge in [0, 0.05) is 17.5 Å². The molecule has 106 valence electrons. The number of carboxylic acid groups (broad SMARTS) is 1. The van der Waals surface area contributed by atoms with Gasteiger partial charge in [0.25, 0.3) is 0 Å². The van der Waals surface area contributed by atoms with Gasteiger partial charge >= 0.3 is 5.97 Å². The number of rotatable bonds is 8. The van der Waals surface area contributed by atoms with Crippen LogP contribution in [0.25, 0.3) is 0 Å². The van der Waals surface area contributed by atoms with E-state index in [0.717, 1.165) is 12.0 Å². The van der Waals surface area contributed by atoms with Crippen molar-refractivity contribution in [3.05, 3.63) is 34.9 Å². The maximum Gasteiger partial charge on any atom is 0.303 e. The molecule has 0 spiro atoms. The average Bonchev–Trinajstić information content (AvgIpc) is 2.39. The van der Waals surface area contributed by atoms with Crippen LogP contribution in [0.2, 0.25) is 5.02 Å². The molecule has 0 radical (unpaired) electrons. The molecule has 2 unspecified atom stereocenters. The van der Waals surface area contributed by atoms with E-state index in [0.29, 0.717) is 18.0 Å². The standard InChI is InChI=1S/C14H20ClNO3/c1-2-12(16-9-3-4-13(17)18)14(19)10-5-7-11(15)8-6-10/h5-8,12,14,16,19H,2-4,9H2,1H3,(H,17,18). The van der Waals surface area contributed by atoms with Crippen LogP contribution in [0.1, 0.15) is 37.9 Å². The van der Waals surface area contributed by atoms with E-state index >= 15 is 0 Å². The molecule has 2 atom stereocenters. The van der Waals surface area contributed by atoms with Crippen molar-refractivity contribution < 1.29 is 15.0 Å². The zero-order chi connectivity index (χ0) is 14.3. The number of hydrogen-bond acceptors (Lipinski definition) is 3. The Kier molecular flexibility index (Phi) is 6.84. The van der Waals surface area contributed by atoms with Crippen LogP contribution in [0.3, 0.4) is 0 Å². The summed E-state index contributed by atoms with van der Waals surface area (Å²) < 4.78 is 0. The molecule has 0 bridgehead atoms. The van der Waals surface area contributed by atoms with E-state index in [4.69, 9.17) is 16.7 Å². The van der Waals surface area contributed by atoms with Crippen molar-refractivity contribution in [1.29, 1.82) is 0 Å². The van der Waals surface area contributed by atoms with Crippen molar-refractivity contribution in [3.63, 3.8) is 0 Å². The smallest absolute Gasteiger partial charge is 0.303 e. The summed E-state index contributed by atoms with van der Waals surface area (Å²) in [6, 6.07) is 7.01. The summed E-state index contributed by atoms with van der Waals surface area (Å²) >= 11 is 5.81. The van der Waals surface area contributed by atoms with Crippen molar-refractivity contribution in [1.82, 2.24) is 5.32 Å². The topological polar surface area (TPSA) is 69.6 Å². The second-order valence-electron chi connectivity index (χ2n) is 4.46. The van der Waals surface area contributed by atoms with Gasteiger partial charge in [0.2, 0.25) is 0 Å². The zero-order valence-electron chi connectivity index (χ0n) is 11.0. The molecule has 19 heavy (non-hydrogen) atoms. The quantitative estimate of drug-likeness (QED) is 0.642. The number of aliphatic hydroxyl groups is 1. The number of nitrogens with one attached hydrogen (secondary N) is 1. The van der Waals surface area contributed by atoms with Gasteiger partial charge in [-0.1, -0.05) is 30.7 Å². The van der Waals surface area contributed by atoms with Crippen LogP contribution in [0.4, 0.5) is 0 Å². The minimum atomic E-state index is -0.798. The van der Waals surface area contributed by atoms with Crippen LogP contribution in [-0.2, 0) is 4.79 Å². The van der Waals surface area contributed by atoms with Gasteiger partial charge in [-0.25, -0.2) is 0 Å². The molecule has 0 aliphatic rings. The number of carboxylic acids is 1. The van der Waals surface area contributed by atoms with Gasteiger partial charge in [-0.15, -0.1) is 0 Å². The summed E-state index contributed by atoms with van der Waals surface area (Å²) in [5, 5.41) is 22.6. The fourth-order valence-electron chi connectivity index (χ4n) is 1.90. The van der Waals surface area contributed by atoms with Crippen LogP contribution >= 0.6 is 11.6 Å². The molecule has 1 aromatic carbocycles. The SMILES string of the molecule is CCC(NCCCC(=O)O)C(O)c1ccc(Cl)cc1. The van der Waals surface area contributed by atoms with E-state index in [1.165, 1.54) is 0 Å². The maximum absolute atomic E-state index is 10.4. The van der Waals surface area contributed by atoms with Crippen LogP contribution in [0.15, 0.2) is 24.3 Å². The van der Waals surface area contributed by atoms with Gasteiger partial charge in [0.05, 0.1) is 6.10 Å². The summed E-state index contributed by atoms with van der Waals surface area (Å²) in [5.74, 6) is -0.798. The molecule has 0 heterocycles. The highest BCUT2D eigenvalue weighted by atomic mass is 35.5. The molecular formula is C14H20ClNO3. The molecule has 0 saturated heterocycles. The van der Waals surface area contributed by atoms with E-state index < -0.39 is 12.1 Å². The highest BCUT2D eigenvalue weighted by Crippen LogP contribution is 2.20. The van der Waals surface area contributed by atoms with Crippen molar-refractivity contribution in [2.45, 2.75) is 38.3 Å². The van der Waals surface area contributed by atoms with Gasteiger partial charge in [-0.05, 0) is 37.1 Å². The Morgan fingerprint density at radius 2 is 2.00 bits per heavy atom. The Balaban J connectivity index is 2.49. The summed E-state index contributed by atoms with van der Waals surface area (Å²) in [4.78, 5) is 10.4. The number of benzene rings is 1. The van der Waals surface area contributed by atoms with Crippen LogP contribution in [0, 0.1) is 0 Å². The second kappa shape index (κ2) is 8.15. The predicted molar refractivity (Wildman–Crippen MR) is 75.4 cm³/mol. The molecular weight excluding hydrogens is 266 g/mol. The van der Waals surface area contributed by atoms with E-state index in [9.17, 15) is 9.90 Å². The Hall–Kier alpha value is -1.10. The van der Waals surface area contributed by atoms with Gasteiger partial charge in [-0.3, -0.25) is 4.79 Å². The lowest BCUT2D eigenvalue weighted by molar-refractivity contribution is -0.137. The van der Waals surface area contributed by atoms with Gasteiger partial charge in [0.1, 0.15) is 0 Å². The summed E-state index contributed by atoms with van der Waals surface area (Å²) in [6.45, 7) is 2.56. The Morgan fingerprint density at radius 1 is 1.37 bits per heavy atom. The molecule has 0 aliphatic carbocycles. The summed E-state index contributed by atoms with van der Waals surface area (Å²) in [6.07, 6.45) is 0.836. The second-order valence-corrected chi connectivity index (χ2v) is 4.90. The first-order valence-electron chi connectivity index (χ1n) is 6.43. The van der Waals surface area contributed by atoms with Crippen molar-refractivity contribution in [2.24, 2.45) is 0 Å². The fraction of sp³-hybridized carbons (Fsp3) is 0.500. The Morgan fingerprint density at radius 3 is 2.53 bits per heavy atom. The minimum absolute atomic E-state index is 0.0880. The number of halogens is 1. The van der Waals surface area contributed by atoms with E-state index in [-0.39, 0.29) is 12.5 Å². The highest BCUT2D eigenvalue weighted by molar-refractivity contribution is 6.30. The number of hydrogen-bond donors (Lipinski definition) is 3. The lowest BCUT2D eigenvalue weighted by atomic mass is 10.0. The molecule has 3 N–H and O–H groups in total. The first-order valence-corrected chi connectivity index (χ1v) is 6.81. The Labute approximate surface area is 118 Å². The van der Waals surface area contributed by atoms with E-state index in [1.54, 1.807) is 24.3 Å². The molecule has 0 aromatic heterocycles. The van der Waals surface area contributed by atoms with E-state index in [1.807, 2.05) is 6.92 Å². The first kappa shape index (κ1) is 16.0. The predicted octanol–water partition coefficient (Wildman–Crippen LogP) is 2.61. The fourth-order valence-corrected chi connectivity index (χ4v) is 2.02. The molecule has 0 amide bonds. The zero-order valence-corrected chi connectivity index (χ0v) is 11.7. The number of aliphatic carboxylic acids is 1. The molecule has 1 aromatic rings. The third kappa shape index (κ3) is 5.59. The molecule has 0 fully saturated rings. The third-order valence-electron chi connectivity index (χ3n) is 3.01. The summed E-state index contributed by atoms with van der Waals surface area (Å²) in [5.41, 5.74) is 0.807. The lowest BCUT2D eigenvalue weighted by Crippen LogP contribution is -2.35. The number of carbonyl (C=O) groups is 1. The largest absolute Gasteiger partial charge is 0.481 e. The normalized spacial score (nSPS) is 14.1. The molecule has 1 rings (SSSR count). The van der Waals surface area contributed by atoms with Gasteiger partial charge < -0.3 is 15.5 Å². The third-order valence-corrected chi connectivity index (χ3v) is 3.26. The van der Waals surface area contributed by atoms with E-state index in [2.05, 4.69) is 5.32 Å².